The molecule has 0 aromatic heterocycles. The maximum atomic E-state index is 12.9. The van der Waals surface area contributed by atoms with Crippen LogP contribution in [0.2, 0.25) is 0 Å². The molecule has 0 saturated heterocycles. The van der Waals surface area contributed by atoms with E-state index in [9.17, 15) is 9.18 Å². The van der Waals surface area contributed by atoms with Gasteiger partial charge in [-0.3, -0.25) is 4.79 Å². The minimum atomic E-state index is -0.963. The van der Waals surface area contributed by atoms with Crippen LogP contribution < -0.4 is 11.1 Å². The third kappa shape index (κ3) is 3.00. The number of hydrogen-bond acceptors (Lipinski definition) is 3. The smallest absolute Gasteiger partial charge is 0.243 e. The number of rotatable bonds is 3. The number of halogens is 1. The Balaban J connectivity index is 2.73. The lowest BCUT2D eigenvalue weighted by Crippen LogP contribution is -2.38. The van der Waals surface area contributed by atoms with Crippen molar-refractivity contribution in [3.05, 3.63) is 29.6 Å². The van der Waals surface area contributed by atoms with E-state index >= 15 is 0 Å². The fourth-order valence-corrected chi connectivity index (χ4v) is 1.04. The number of anilines is 1. The predicted octanol–water partition coefficient (Wildman–Crippen LogP) is 0.392. The molecule has 1 aromatic carbocycles. The Morgan fingerprint density at radius 1 is 1.67 bits per heavy atom. The number of aliphatic hydroxyl groups excluding tert-OH is 1. The highest BCUT2D eigenvalue weighted by Crippen LogP contribution is 2.13. The van der Waals surface area contributed by atoms with Crippen molar-refractivity contribution in [2.24, 2.45) is 5.73 Å². The summed E-state index contributed by atoms with van der Waals surface area (Å²) in [6, 6.07) is 3.23. The van der Waals surface area contributed by atoms with Crippen LogP contribution in [0.4, 0.5) is 10.1 Å². The van der Waals surface area contributed by atoms with Gasteiger partial charge < -0.3 is 16.2 Å². The van der Waals surface area contributed by atoms with Gasteiger partial charge in [0.05, 0.1) is 6.61 Å². The van der Waals surface area contributed by atoms with Crippen LogP contribution in [0, 0.1) is 12.7 Å². The monoisotopic (exact) mass is 212 g/mol. The summed E-state index contributed by atoms with van der Waals surface area (Å²) in [5.41, 5.74) is 6.19. The zero-order valence-electron chi connectivity index (χ0n) is 8.33. The van der Waals surface area contributed by atoms with Gasteiger partial charge in [0.25, 0.3) is 0 Å². The Morgan fingerprint density at radius 2 is 2.33 bits per heavy atom. The molecule has 0 aliphatic rings. The van der Waals surface area contributed by atoms with Crippen LogP contribution >= 0.6 is 0 Å². The van der Waals surface area contributed by atoms with E-state index in [0.29, 0.717) is 11.3 Å². The lowest BCUT2D eigenvalue weighted by atomic mass is 10.2. The second-order valence-electron chi connectivity index (χ2n) is 3.24. The van der Waals surface area contributed by atoms with E-state index in [4.69, 9.17) is 10.8 Å². The molecule has 0 aliphatic heterocycles. The van der Waals surface area contributed by atoms with Gasteiger partial charge in [0, 0.05) is 5.69 Å². The van der Waals surface area contributed by atoms with Gasteiger partial charge in [0.2, 0.25) is 5.91 Å². The number of aliphatic hydroxyl groups is 1. The molecule has 1 unspecified atom stereocenters. The largest absolute Gasteiger partial charge is 0.394 e. The number of hydrogen-bond donors (Lipinski definition) is 3. The topological polar surface area (TPSA) is 75.4 Å². The Hall–Kier alpha value is -1.46. The fourth-order valence-electron chi connectivity index (χ4n) is 1.04. The average molecular weight is 212 g/mol. The molecule has 0 heterocycles. The molecule has 0 radical (unpaired) electrons. The van der Waals surface area contributed by atoms with E-state index in [1.165, 1.54) is 18.2 Å². The number of benzene rings is 1. The van der Waals surface area contributed by atoms with Gasteiger partial charge in [-0.15, -0.1) is 0 Å². The minimum Gasteiger partial charge on any atom is -0.394 e. The Labute approximate surface area is 86.9 Å². The van der Waals surface area contributed by atoms with E-state index in [0.717, 1.165) is 0 Å². The van der Waals surface area contributed by atoms with Crippen LogP contribution in [0.3, 0.4) is 0 Å². The lowest BCUT2D eigenvalue weighted by molar-refractivity contribution is -0.118. The second kappa shape index (κ2) is 4.86. The van der Waals surface area contributed by atoms with Crippen molar-refractivity contribution >= 4 is 11.6 Å². The summed E-state index contributed by atoms with van der Waals surface area (Å²) < 4.78 is 12.9. The number of carbonyl (C=O) groups is 1. The maximum absolute atomic E-state index is 12.9. The quantitative estimate of drug-likeness (QED) is 0.678. The first kappa shape index (κ1) is 11.6. The third-order valence-corrected chi connectivity index (χ3v) is 1.96. The standard InChI is InChI=1S/C10H13FN2O2/c1-6-4-7(2-3-8(6)11)13-10(15)9(12)5-14/h2-4,9,14H,5,12H2,1H3,(H,13,15). The molecule has 1 rings (SSSR count). The summed E-state index contributed by atoms with van der Waals surface area (Å²) in [4.78, 5) is 11.2. The second-order valence-corrected chi connectivity index (χ2v) is 3.24. The van der Waals surface area contributed by atoms with Gasteiger partial charge in [-0.2, -0.15) is 0 Å². The third-order valence-electron chi connectivity index (χ3n) is 1.96. The van der Waals surface area contributed by atoms with Crippen molar-refractivity contribution in [3.8, 4) is 0 Å². The first-order valence-corrected chi connectivity index (χ1v) is 4.48. The number of aryl methyl sites for hydroxylation is 1. The van der Waals surface area contributed by atoms with E-state index in [2.05, 4.69) is 5.32 Å². The van der Waals surface area contributed by atoms with Crippen LogP contribution in [0.5, 0.6) is 0 Å². The summed E-state index contributed by atoms with van der Waals surface area (Å²) in [5.74, 6) is -0.831. The molecule has 4 N–H and O–H groups in total. The fraction of sp³-hybridized carbons (Fsp3) is 0.300. The van der Waals surface area contributed by atoms with E-state index < -0.39 is 18.6 Å². The van der Waals surface area contributed by atoms with Crippen LogP contribution in [-0.2, 0) is 4.79 Å². The number of nitrogens with one attached hydrogen (secondary N) is 1. The van der Waals surface area contributed by atoms with Gasteiger partial charge in [-0.25, -0.2) is 4.39 Å². The van der Waals surface area contributed by atoms with Gasteiger partial charge >= 0.3 is 0 Å². The van der Waals surface area contributed by atoms with E-state index in [1.807, 2.05) is 0 Å². The predicted molar refractivity (Wildman–Crippen MR) is 54.8 cm³/mol. The molecule has 0 spiro atoms. The molecular formula is C10H13FN2O2. The molecule has 1 atom stereocenters. The van der Waals surface area contributed by atoms with Crippen molar-refractivity contribution in [3.63, 3.8) is 0 Å². The molecule has 0 saturated carbocycles. The lowest BCUT2D eigenvalue weighted by Gasteiger charge is -2.10. The summed E-state index contributed by atoms with van der Waals surface area (Å²) >= 11 is 0. The molecule has 1 amide bonds. The number of carbonyl (C=O) groups excluding carboxylic acids is 1. The summed E-state index contributed by atoms with van der Waals surface area (Å²) in [7, 11) is 0. The van der Waals surface area contributed by atoms with Crippen LogP contribution in [0.15, 0.2) is 18.2 Å². The molecule has 4 nitrogen and oxygen atoms in total. The molecule has 0 fully saturated rings. The van der Waals surface area contributed by atoms with Crippen molar-refractivity contribution in [1.82, 2.24) is 0 Å². The van der Waals surface area contributed by atoms with Crippen molar-refractivity contribution in [2.75, 3.05) is 11.9 Å². The van der Waals surface area contributed by atoms with Crippen molar-refractivity contribution < 1.29 is 14.3 Å². The summed E-state index contributed by atoms with van der Waals surface area (Å²) in [5, 5.41) is 11.1. The summed E-state index contributed by atoms with van der Waals surface area (Å²) in [6.45, 7) is 1.17. The Kier molecular flexibility index (Phi) is 3.76. The normalized spacial score (nSPS) is 12.3. The van der Waals surface area contributed by atoms with Crippen molar-refractivity contribution in [1.29, 1.82) is 0 Å². The maximum Gasteiger partial charge on any atom is 0.243 e. The van der Waals surface area contributed by atoms with Gasteiger partial charge in [-0.05, 0) is 30.7 Å². The van der Waals surface area contributed by atoms with Crippen LogP contribution in [0.1, 0.15) is 5.56 Å². The zero-order valence-corrected chi connectivity index (χ0v) is 8.33. The van der Waals surface area contributed by atoms with Gasteiger partial charge in [0.15, 0.2) is 0 Å². The number of nitrogens with two attached hydrogens (primary N) is 1. The summed E-state index contributed by atoms with van der Waals surface area (Å²) in [6.07, 6.45) is 0. The zero-order chi connectivity index (χ0) is 11.4. The highest BCUT2D eigenvalue weighted by atomic mass is 19.1. The molecule has 0 aliphatic carbocycles. The molecule has 1 aromatic rings. The van der Waals surface area contributed by atoms with E-state index in [-0.39, 0.29) is 5.82 Å². The molecule has 5 heteroatoms. The molecule has 15 heavy (non-hydrogen) atoms. The molecular weight excluding hydrogens is 199 g/mol. The molecule has 0 bridgehead atoms. The number of amides is 1. The Bertz CT molecular complexity index is 368. The first-order chi connectivity index (χ1) is 7.04. The van der Waals surface area contributed by atoms with Crippen LogP contribution in [-0.4, -0.2) is 23.7 Å². The van der Waals surface area contributed by atoms with Gasteiger partial charge in [-0.1, -0.05) is 0 Å². The SMILES string of the molecule is Cc1cc(NC(=O)C(N)CO)ccc1F. The first-order valence-electron chi connectivity index (χ1n) is 4.48. The van der Waals surface area contributed by atoms with E-state index in [1.54, 1.807) is 6.92 Å². The minimum absolute atomic E-state index is 0.334. The Morgan fingerprint density at radius 3 is 2.87 bits per heavy atom. The highest BCUT2D eigenvalue weighted by Gasteiger charge is 2.12. The average Bonchev–Trinajstić information content (AvgIpc) is 2.22. The molecule has 82 valence electrons. The van der Waals surface area contributed by atoms with Gasteiger partial charge in [0.1, 0.15) is 11.9 Å². The van der Waals surface area contributed by atoms with Crippen LogP contribution in [0.25, 0.3) is 0 Å². The van der Waals surface area contributed by atoms with Crippen molar-refractivity contribution in [2.45, 2.75) is 13.0 Å². The highest BCUT2D eigenvalue weighted by molar-refractivity contribution is 5.94.